The summed E-state index contributed by atoms with van der Waals surface area (Å²) in [6.45, 7) is 4.03. The average Bonchev–Trinajstić information content (AvgIpc) is 3.24. The Morgan fingerprint density at radius 2 is 2.14 bits per heavy atom. The first-order chi connectivity index (χ1) is 10.8. The van der Waals surface area contributed by atoms with Gasteiger partial charge in [-0.25, -0.2) is 0 Å². The van der Waals surface area contributed by atoms with Crippen molar-refractivity contribution >= 4 is 5.91 Å². The van der Waals surface area contributed by atoms with Gasteiger partial charge in [-0.1, -0.05) is 30.3 Å². The van der Waals surface area contributed by atoms with Gasteiger partial charge in [0.25, 0.3) is 5.91 Å². The van der Waals surface area contributed by atoms with Gasteiger partial charge in [0.1, 0.15) is 6.10 Å². The Morgan fingerprint density at radius 3 is 2.86 bits per heavy atom. The Kier molecular flexibility index (Phi) is 5.11. The van der Waals surface area contributed by atoms with Crippen LogP contribution < -0.4 is 0 Å². The van der Waals surface area contributed by atoms with Crippen molar-refractivity contribution in [2.24, 2.45) is 0 Å². The highest BCUT2D eigenvalue weighted by Gasteiger charge is 2.33. The van der Waals surface area contributed by atoms with Crippen LogP contribution in [0, 0.1) is 0 Å². The number of likely N-dealkylation sites (tertiary alicyclic amines) is 1. The highest BCUT2D eigenvalue weighted by molar-refractivity contribution is 5.81. The Labute approximate surface area is 132 Å². The van der Waals surface area contributed by atoms with Crippen LogP contribution in [0.25, 0.3) is 0 Å². The van der Waals surface area contributed by atoms with Gasteiger partial charge >= 0.3 is 0 Å². The van der Waals surface area contributed by atoms with E-state index in [0.29, 0.717) is 6.61 Å². The summed E-state index contributed by atoms with van der Waals surface area (Å²) in [5.41, 5.74) is 1.22. The zero-order chi connectivity index (χ0) is 15.4. The van der Waals surface area contributed by atoms with Gasteiger partial charge in [-0.2, -0.15) is 0 Å². The maximum absolute atomic E-state index is 12.7. The molecule has 2 fully saturated rings. The molecule has 0 N–H and O–H groups in total. The molecule has 0 bridgehead atoms. The highest BCUT2D eigenvalue weighted by atomic mass is 16.5. The predicted octanol–water partition coefficient (Wildman–Crippen LogP) is 2.93. The number of hydrogen-bond acceptors (Lipinski definition) is 3. The van der Waals surface area contributed by atoms with Gasteiger partial charge < -0.3 is 14.4 Å². The number of nitrogens with zero attached hydrogens (tertiary/aromatic N) is 1. The second-order valence-corrected chi connectivity index (χ2v) is 6.21. The summed E-state index contributed by atoms with van der Waals surface area (Å²) in [5.74, 6) is 0.101. The van der Waals surface area contributed by atoms with E-state index in [1.807, 2.05) is 30.0 Å². The molecule has 0 aromatic heterocycles. The molecule has 1 aromatic rings. The SMILES string of the molecule is C[C@H](OC[C@H]1CCCO1)C(=O)N1CCC[C@@H]1c1ccccc1. The van der Waals surface area contributed by atoms with Gasteiger partial charge in [-0.3, -0.25) is 4.79 Å². The van der Waals surface area contributed by atoms with Crippen LogP contribution in [0.1, 0.15) is 44.2 Å². The van der Waals surface area contributed by atoms with Gasteiger partial charge in [-0.05, 0) is 38.2 Å². The number of benzene rings is 1. The summed E-state index contributed by atoms with van der Waals surface area (Å²) in [6, 6.07) is 10.5. The summed E-state index contributed by atoms with van der Waals surface area (Å²) >= 11 is 0. The summed E-state index contributed by atoms with van der Waals surface area (Å²) in [6.07, 6.45) is 4.00. The molecule has 0 spiro atoms. The molecular weight excluding hydrogens is 278 g/mol. The van der Waals surface area contributed by atoms with Crippen LogP contribution in [-0.2, 0) is 14.3 Å². The van der Waals surface area contributed by atoms with Crippen LogP contribution in [0.4, 0.5) is 0 Å². The monoisotopic (exact) mass is 303 g/mol. The van der Waals surface area contributed by atoms with Gasteiger partial charge in [0.05, 0.1) is 18.8 Å². The van der Waals surface area contributed by atoms with Crippen molar-refractivity contribution in [1.29, 1.82) is 0 Å². The minimum Gasteiger partial charge on any atom is -0.376 e. The largest absolute Gasteiger partial charge is 0.376 e. The quantitative estimate of drug-likeness (QED) is 0.839. The molecule has 2 aliphatic rings. The van der Waals surface area contributed by atoms with Crippen molar-refractivity contribution in [2.75, 3.05) is 19.8 Å². The molecule has 0 unspecified atom stereocenters. The lowest BCUT2D eigenvalue weighted by molar-refractivity contribution is -0.145. The van der Waals surface area contributed by atoms with E-state index in [1.54, 1.807) is 0 Å². The highest BCUT2D eigenvalue weighted by Crippen LogP contribution is 2.32. The van der Waals surface area contributed by atoms with Gasteiger partial charge in [0.15, 0.2) is 0 Å². The lowest BCUT2D eigenvalue weighted by atomic mass is 10.0. The Hall–Kier alpha value is -1.39. The number of carbonyl (C=O) groups excluding carboxylic acids is 1. The molecule has 1 aromatic carbocycles. The maximum Gasteiger partial charge on any atom is 0.251 e. The van der Waals surface area contributed by atoms with E-state index in [9.17, 15) is 4.79 Å². The van der Waals surface area contributed by atoms with E-state index in [-0.39, 0.29) is 18.1 Å². The van der Waals surface area contributed by atoms with E-state index in [2.05, 4.69) is 12.1 Å². The van der Waals surface area contributed by atoms with Gasteiger partial charge in [-0.15, -0.1) is 0 Å². The van der Waals surface area contributed by atoms with Crippen LogP contribution in [0.5, 0.6) is 0 Å². The zero-order valence-corrected chi connectivity index (χ0v) is 13.2. The predicted molar refractivity (Wildman–Crippen MR) is 84.5 cm³/mol. The first-order valence-electron chi connectivity index (χ1n) is 8.34. The lowest BCUT2D eigenvalue weighted by Crippen LogP contribution is -2.39. The minimum atomic E-state index is -0.395. The average molecular weight is 303 g/mol. The number of ether oxygens (including phenoxy) is 2. The van der Waals surface area contributed by atoms with Crippen molar-refractivity contribution in [1.82, 2.24) is 4.90 Å². The first kappa shape index (κ1) is 15.5. The van der Waals surface area contributed by atoms with Crippen LogP contribution in [0.15, 0.2) is 30.3 Å². The smallest absolute Gasteiger partial charge is 0.251 e. The van der Waals surface area contributed by atoms with E-state index in [4.69, 9.17) is 9.47 Å². The van der Waals surface area contributed by atoms with Gasteiger partial charge in [0, 0.05) is 13.2 Å². The summed E-state index contributed by atoms with van der Waals surface area (Å²) < 4.78 is 11.3. The zero-order valence-electron chi connectivity index (χ0n) is 13.2. The fourth-order valence-corrected chi connectivity index (χ4v) is 3.38. The number of amides is 1. The third kappa shape index (κ3) is 3.50. The van der Waals surface area contributed by atoms with Crippen LogP contribution in [-0.4, -0.2) is 42.8 Å². The third-order valence-electron chi connectivity index (χ3n) is 4.62. The molecule has 3 atom stereocenters. The topological polar surface area (TPSA) is 38.8 Å². The molecular formula is C18H25NO3. The Bertz CT molecular complexity index is 484. The van der Waals surface area contributed by atoms with Crippen molar-refractivity contribution < 1.29 is 14.3 Å². The third-order valence-corrected chi connectivity index (χ3v) is 4.62. The second kappa shape index (κ2) is 7.25. The summed E-state index contributed by atoms with van der Waals surface area (Å²) in [4.78, 5) is 14.7. The number of rotatable bonds is 5. The van der Waals surface area contributed by atoms with Crippen molar-refractivity contribution in [3.63, 3.8) is 0 Å². The molecule has 0 aliphatic carbocycles. The first-order valence-corrected chi connectivity index (χ1v) is 8.34. The molecule has 0 saturated carbocycles. The summed E-state index contributed by atoms with van der Waals surface area (Å²) in [7, 11) is 0. The normalized spacial score (nSPS) is 26.3. The molecule has 4 heteroatoms. The van der Waals surface area contributed by atoms with E-state index in [1.165, 1.54) is 5.56 Å². The van der Waals surface area contributed by atoms with Crippen molar-refractivity contribution in [2.45, 2.75) is 50.9 Å². The lowest BCUT2D eigenvalue weighted by Gasteiger charge is -2.28. The fourth-order valence-electron chi connectivity index (χ4n) is 3.38. The van der Waals surface area contributed by atoms with Crippen LogP contribution >= 0.6 is 0 Å². The van der Waals surface area contributed by atoms with E-state index in [0.717, 1.165) is 38.8 Å². The summed E-state index contributed by atoms with van der Waals surface area (Å²) in [5, 5.41) is 0. The van der Waals surface area contributed by atoms with Crippen LogP contribution in [0.2, 0.25) is 0 Å². The molecule has 3 rings (SSSR count). The Morgan fingerprint density at radius 1 is 1.32 bits per heavy atom. The fraction of sp³-hybridized carbons (Fsp3) is 0.611. The molecule has 2 heterocycles. The number of hydrogen-bond donors (Lipinski definition) is 0. The standard InChI is InChI=1S/C18H25NO3/c1-14(22-13-16-9-6-12-21-16)18(20)19-11-5-10-17(19)15-7-3-2-4-8-15/h2-4,7-8,14,16-17H,5-6,9-13H2,1H3/t14-,16+,17+/m0/s1. The van der Waals surface area contributed by atoms with Gasteiger partial charge in [0.2, 0.25) is 0 Å². The van der Waals surface area contributed by atoms with Crippen LogP contribution in [0.3, 0.4) is 0 Å². The van der Waals surface area contributed by atoms with Crippen molar-refractivity contribution in [3.8, 4) is 0 Å². The number of carbonyl (C=O) groups is 1. The van der Waals surface area contributed by atoms with E-state index >= 15 is 0 Å². The second-order valence-electron chi connectivity index (χ2n) is 6.21. The molecule has 2 saturated heterocycles. The molecule has 0 radical (unpaired) electrons. The van der Waals surface area contributed by atoms with E-state index < -0.39 is 6.10 Å². The van der Waals surface area contributed by atoms with Crippen molar-refractivity contribution in [3.05, 3.63) is 35.9 Å². The molecule has 2 aliphatic heterocycles. The maximum atomic E-state index is 12.7. The Balaban J connectivity index is 1.58. The molecule has 4 nitrogen and oxygen atoms in total. The minimum absolute atomic E-state index is 0.101. The molecule has 120 valence electrons. The molecule has 22 heavy (non-hydrogen) atoms. The molecule has 1 amide bonds.